The zero-order valence-corrected chi connectivity index (χ0v) is 18.0. The SMILES string of the molecule is CCO[B-]12OC(CC)=N[C@H]1Cc1cccc(C(=O)OCOC(=O)C(CC)CC)c1O2. The Morgan fingerprint density at radius 1 is 1.17 bits per heavy atom. The van der Waals surface area contributed by atoms with Crippen LogP contribution < -0.4 is 4.65 Å². The Bertz CT molecular complexity index is 824. The Morgan fingerprint density at radius 3 is 2.60 bits per heavy atom. The summed E-state index contributed by atoms with van der Waals surface area (Å²) in [6, 6.07) is 5.25. The maximum atomic E-state index is 12.7. The first kappa shape index (κ1) is 22.1. The van der Waals surface area contributed by atoms with Crippen LogP contribution in [0.5, 0.6) is 5.75 Å². The van der Waals surface area contributed by atoms with Crippen molar-refractivity contribution in [2.45, 2.75) is 59.3 Å². The molecule has 1 aromatic carbocycles. The number of hydrogen-bond donors (Lipinski definition) is 0. The number of aliphatic imine (C=N–C) groups is 1. The number of hydrogen-bond acceptors (Lipinski definition) is 8. The molecule has 0 fully saturated rings. The summed E-state index contributed by atoms with van der Waals surface area (Å²) in [5, 5.41) is 0. The Labute approximate surface area is 176 Å². The van der Waals surface area contributed by atoms with Gasteiger partial charge in [0.2, 0.25) is 6.79 Å². The predicted octanol–water partition coefficient (Wildman–Crippen LogP) is 3.44. The Kier molecular flexibility index (Phi) is 7.02. The monoisotopic (exact) mass is 418 g/mol. The van der Waals surface area contributed by atoms with Gasteiger partial charge < -0.3 is 23.4 Å². The summed E-state index contributed by atoms with van der Waals surface area (Å²) in [5.41, 5.74) is 1.06. The van der Waals surface area contributed by atoms with Gasteiger partial charge in [0.05, 0.1) is 17.2 Å². The second kappa shape index (κ2) is 9.51. The van der Waals surface area contributed by atoms with Gasteiger partial charge in [0.15, 0.2) is 0 Å². The fourth-order valence-corrected chi connectivity index (χ4v) is 3.85. The molecule has 0 spiro atoms. The molecule has 1 aromatic rings. The molecule has 0 radical (unpaired) electrons. The van der Waals surface area contributed by atoms with Gasteiger partial charge in [-0.15, -0.1) is 0 Å². The average Bonchev–Trinajstić information content (AvgIpc) is 3.10. The largest absolute Gasteiger partial charge is 0.658 e. The van der Waals surface area contributed by atoms with E-state index < -0.39 is 19.5 Å². The van der Waals surface area contributed by atoms with Gasteiger partial charge in [-0.2, -0.15) is 0 Å². The minimum atomic E-state index is -2.17. The summed E-state index contributed by atoms with van der Waals surface area (Å²) in [7, 11) is 0. The average molecular weight is 418 g/mol. The zero-order chi connectivity index (χ0) is 21.7. The fraction of sp³-hybridized carbons (Fsp3) is 0.571. The van der Waals surface area contributed by atoms with E-state index in [-0.39, 0.29) is 23.4 Å². The lowest BCUT2D eigenvalue weighted by atomic mass is 9.64. The topological polar surface area (TPSA) is 92.7 Å². The van der Waals surface area contributed by atoms with Gasteiger partial charge in [-0.25, -0.2) is 4.79 Å². The molecule has 2 heterocycles. The number of carbonyl (C=O) groups excluding carboxylic acids is 2. The van der Waals surface area contributed by atoms with Crippen LogP contribution in [0, 0.1) is 5.92 Å². The molecular formula is C21H29BNO7-. The second-order valence-electron chi connectivity index (χ2n) is 7.36. The van der Waals surface area contributed by atoms with Crippen molar-refractivity contribution in [1.29, 1.82) is 0 Å². The molecule has 0 amide bonds. The van der Waals surface area contributed by atoms with Crippen LogP contribution in [0.25, 0.3) is 0 Å². The van der Waals surface area contributed by atoms with Crippen LogP contribution in [0.1, 0.15) is 62.9 Å². The number of fused-ring (bicyclic) bond motifs is 2. The first-order valence-electron chi connectivity index (χ1n) is 10.7. The van der Waals surface area contributed by atoms with Crippen molar-refractivity contribution >= 4 is 24.6 Å². The molecule has 8 nitrogen and oxygen atoms in total. The normalized spacial score (nSPS) is 21.8. The van der Waals surface area contributed by atoms with E-state index in [0.717, 1.165) is 5.56 Å². The van der Waals surface area contributed by atoms with Crippen LogP contribution in [0.2, 0.25) is 0 Å². The van der Waals surface area contributed by atoms with Crippen molar-refractivity contribution in [3.8, 4) is 5.75 Å². The smallest absolute Gasteiger partial charge is 0.517 e. The van der Waals surface area contributed by atoms with E-state index in [1.165, 1.54) is 0 Å². The van der Waals surface area contributed by atoms with E-state index >= 15 is 0 Å². The molecule has 0 aliphatic carbocycles. The second-order valence-corrected chi connectivity index (χ2v) is 7.36. The quantitative estimate of drug-likeness (QED) is 0.345. The lowest BCUT2D eigenvalue weighted by Crippen LogP contribution is -2.58. The third kappa shape index (κ3) is 4.31. The van der Waals surface area contributed by atoms with Crippen LogP contribution in [0.15, 0.2) is 23.2 Å². The van der Waals surface area contributed by atoms with Crippen molar-refractivity contribution in [2.24, 2.45) is 10.9 Å². The van der Waals surface area contributed by atoms with E-state index in [0.29, 0.717) is 43.9 Å². The number of para-hydroxylation sites is 1. The van der Waals surface area contributed by atoms with Crippen molar-refractivity contribution < 1.29 is 33.0 Å². The molecule has 2 aliphatic rings. The number of benzene rings is 1. The standard InChI is InChI=1S/C21H29BNO7/c1-5-14(6-2)20(24)26-13-27-21(25)16-11-9-10-15-12-17-22(28-8-4,30-19(15)16)29-18(7-3)23-17/h9-11,14,17H,5-8,12-13H2,1-4H3/q-1/t17-,22?/m0/s1. The number of ether oxygens (including phenoxy) is 2. The Morgan fingerprint density at radius 2 is 1.93 bits per heavy atom. The molecule has 0 saturated heterocycles. The molecule has 0 aromatic heterocycles. The van der Waals surface area contributed by atoms with Gasteiger partial charge in [0, 0.05) is 19.0 Å². The summed E-state index contributed by atoms with van der Waals surface area (Å²) in [4.78, 5) is 29.3. The van der Waals surface area contributed by atoms with Crippen LogP contribution in [-0.2, 0) is 30.0 Å². The van der Waals surface area contributed by atoms with Crippen molar-refractivity contribution in [2.75, 3.05) is 13.4 Å². The first-order chi connectivity index (χ1) is 14.5. The maximum Gasteiger partial charge on any atom is 0.517 e. The highest BCUT2D eigenvalue weighted by Gasteiger charge is 2.51. The summed E-state index contributed by atoms with van der Waals surface area (Å²) >= 11 is 0. The van der Waals surface area contributed by atoms with Gasteiger partial charge in [-0.1, -0.05) is 32.9 Å². The highest BCUT2D eigenvalue weighted by molar-refractivity contribution is 6.67. The summed E-state index contributed by atoms with van der Waals surface area (Å²) in [5.74, 6) is -0.553. The summed E-state index contributed by atoms with van der Waals surface area (Å²) < 4.78 is 28.2. The third-order valence-electron chi connectivity index (χ3n) is 5.52. The van der Waals surface area contributed by atoms with Gasteiger partial charge in [-0.3, -0.25) is 9.79 Å². The molecule has 3 rings (SSSR count). The summed E-state index contributed by atoms with van der Waals surface area (Å²) in [6.45, 7) is 5.40. The molecule has 0 N–H and O–H groups in total. The highest BCUT2D eigenvalue weighted by Crippen LogP contribution is 2.39. The number of nitrogens with zero attached hydrogens (tertiary/aromatic N) is 1. The van der Waals surface area contributed by atoms with Crippen molar-refractivity contribution in [3.05, 3.63) is 29.3 Å². The minimum Gasteiger partial charge on any atom is -0.658 e. The highest BCUT2D eigenvalue weighted by atomic mass is 16.8. The molecule has 2 atom stereocenters. The molecule has 0 saturated carbocycles. The fourth-order valence-electron chi connectivity index (χ4n) is 3.85. The van der Waals surface area contributed by atoms with Gasteiger partial charge >= 0.3 is 18.7 Å². The van der Waals surface area contributed by atoms with Crippen LogP contribution in [-0.4, -0.2) is 43.9 Å². The lowest BCUT2D eigenvalue weighted by Gasteiger charge is -2.45. The number of carbonyl (C=O) groups is 2. The van der Waals surface area contributed by atoms with E-state index in [2.05, 4.69) is 4.99 Å². The Hall–Kier alpha value is -2.55. The zero-order valence-electron chi connectivity index (χ0n) is 18.0. The van der Waals surface area contributed by atoms with Gasteiger partial charge in [0.25, 0.3) is 0 Å². The van der Waals surface area contributed by atoms with Crippen LogP contribution >= 0.6 is 0 Å². The first-order valence-corrected chi connectivity index (χ1v) is 10.7. The third-order valence-corrected chi connectivity index (χ3v) is 5.52. The maximum absolute atomic E-state index is 12.7. The Balaban J connectivity index is 1.74. The molecule has 30 heavy (non-hydrogen) atoms. The lowest BCUT2D eigenvalue weighted by molar-refractivity contribution is -0.157. The van der Waals surface area contributed by atoms with Gasteiger partial charge in [-0.05, 0) is 37.8 Å². The van der Waals surface area contributed by atoms with Crippen LogP contribution in [0.3, 0.4) is 0 Å². The van der Waals surface area contributed by atoms with E-state index in [1.54, 1.807) is 12.1 Å². The predicted molar refractivity (Wildman–Crippen MR) is 111 cm³/mol. The number of esters is 2. The molecule has 0 bridgehead atoms. The van der Waals surface area contributed by atoms with E-state index in [4.69, 9.17) is 23.4 Å². The van der Waals surface area contributed by atoms with Crippen molar-refractivity contribution in [1.82, 2.24) is 0 Å². The van der Waals surface area contributed by atoms with E-state index in [9.17, 15) is 9.59 Å². The molecule has 2 aliphatic heterocycles. The molecule has 1 unspecified atom stereocenters. The molecule has 9 heteroatoms. The number of rotatable bonds is 9. The molecular weight excluding hydrogens is 389 g/mol. The molecule has 164 valence electrons. The minimum absolute atomic E-state index is 0.200. The van der Waals surface area contributed by atoms with Crippen molar-refractivity contribution in [3.63, 3.8) is 0 Å². The van der Waals surface area contributed by atoms with Gasteiger partial charge in [0.1, 0.15) is 5.90 Å². The summed E-state index contributed by atoms with van der Waals surface area (Å²) in [6.07, 6.45) is 2.51. The van der Waals surface area contributed by atoms with Crippen LogP contribution in [0.4, 0.5) is 0 Å². The van der Waals surface area contributed by atoms with E-state index in [1.807, 2.05) is 33.8 Å².